The van der Waals surface area contributed by atoms with Gasteiger partial charge in [-0.2, -0.15) is 0 Å². The van der Waals surface area contributed by atoms with Crippen LogP contribution in [0.5, 0.6) is 0 Å². The smallest absolute Gasteiger partial charge is 0.220 e. The lowest BCUT2D eigenvalue weighted by Crippen LogP contribution is -2.27. The number of aryl methyl sites for hydroxylation is 1. The van der Waals surface area contributed by atoms with Crippen molar-refractivity contribution < 1.29 is 13.6 Å². The molecule has 1 atom stereocenters. The molecule has 0 saturated heterocycles. The third-order valence-corrected chi connectivity index (χ3v) is 6.83. The van der Waals surface area contributed by atoms with E-state index in [9.17, 15) is 13.6 Å². The Balaban J connectivity index is 0.00000226. The molecule has 6 nitrogen and oxygen atoms in total. The van der Waals surface area contributed by atoms with Gasteiger partial charge in [0.15, 0.2) is 17.3 Å². The molecule has 41 heavy (non-hydrogen) atoms. The van der Waals surface area contributed by atoms with Crippen LogP contribution >= 0.6 is 0 Å². The Morgan fingerprint density at radius 2 is 1.66 bits per heavy atom. The zero-order valence-electron chi connectivity index (χ0n) is 25.0. The summed E-state index contributed by atoms with van der Waals surface area (Å²) in [7, 11) is 0. The summed E-state index contributed by atoms with van der Waals surface area (Å²) in [6.07, 6.45) is 4.58. The lowest BCUT2D eigenvalue weighted by atomic mass is 10.1. The van der Waals surface area contributed by atoms with Crippen molar-refractivity contribution in [2.24, 2.45) is 0 Å². The minimum atomic E-state index is -0.896. The SMILES string of the molecule is CC.CCCN(CCC)Cc1ccc(C(C)NC(=O)CCc2nc3cccnc3n2Cc2ccc(F)c(F)c2)cc1. The number of aromatic nitrogens is 3. The zero-order valence-corrected chi connectivity index (χ0v) is 25.0. The summed E-state index contributed by atoms with van der Waals surface area (Å²) in [5.41, 5.74) is 4.25. The van der Waals surface area contributed by atoms with Gasteiger partial charge in [0.05, 0.1) is 12.6 Å². The van der Waals surface area contributed by atoms with Gasteiger partial charge in [0.2, 0.25) is 5.91 Å². The molecule has 4 rings (SSSR count). The van der Waals surface area contributed by atoms with Crippen molar-refractivity contribution in [3.63, 3.8) is 0 Å². The number of carbonyl (C=O) groups is 1. The molecule has 1 N–H and O–H groups in total. The van der Waals surface area contributed by atoms with E-state index in [0.29, 0.717) is 29.0 Å². The number of nitrogens with one attached hydrogen (secondary N) is 1. The van der Waals surface area contributed by atoms with Crippen molar-refractivity contribution in [1.82, 2.24) is 24.8 Å². The maximum atomic E-state index is 13.8. The average Bonchev–Trinajstić information content (AvgIpc) is 3.32. The number of fused-ring (bicyclic) bond motifs is 1. The van der Waals surface area contributed by atoms with E-state index in [1.165, 1.54) is 11.6 Å². The Kier molecular flexibility index (Phi) is 12.4. The number of benzene rings is 2. The highest BCUT2D eigenvalue weighted by molar-refractivity contribution is 5.77. The molecule has 8 heteroatoms. The Hall–Kier alpha value is -3.65. The fraction of sp³-hybridized carbons (Fsp3) is 0.424. The van der Waals surface area contributed by atoms with Gasteiger partial charge in [-0.3, -0.25) is 9.69 Å². The van der Waals surface area contributed by atoms with Crippen LogP contribution in [0.15, 0.2) is 60.8 Å². The lowest BCUT2D eigenvalue weighted by Gasteiger charge is -2.21. The average molecular weight is 564 g/mol. The van der Waals surface area contributed by atoms with E-state index in [-0.39, 0.29) is 24.9 Å². The van der Waals surface area contributed by atoms with Gasteiger partial charge in [-0.05, 0) is 73.8 Å². The summed E-state index contributed by atoms with van der Waals surface area (Å²) in [6.45, 7) is 13.8. The monoisotopic (exact) mass is 563 g/mol. The number of hydrogen-bond acceptors (Lipinski definition) is 4. The first-order valence-electron chi connectivity index (χ1n) is 14.7. The number of amides is 1. The Labute approximate surface area is 242 Å². The summed E-state index contributed by atoms with van der Waals surface area (Å²) in [5.74, 6) is -1.19. The van der Waals surface area contributed by atoms with Gasteiger partial charge in [-0.25, -0.2) is 18.7 Å². The molecule has 0 aliphatic heterocycles. The summed E-state index contributed by atoms with van der Waals surface area (Å²) < 4.78 is 29.1. The molecular formula is C33H43F2N5O. The fourth-order valence-electron chi connectivity index (χ4n) is 4.88. The molecule has 0 saturated carbocycles. The van der Waals surface area contributed by atoms with Gasteiger partial charge in [0, 0.05) is 25.6 Å². The van der Waals surface area contributed by atoms with Crippen molar-refractivity contribution in [3.8, 4) is 0 Å². The first-order chi connectivity index (χ1) is 19.9. The predicted molar refractivity (Wildman–Crippen MR) is 162 cm³/mol. The van der Waals surface area contributed by atoms with Crippen LogP contribution < -0.4 is 5.32 Å². The van der Waals surface area contributed by atoms with Gasteiger partial charge in [-0.15, -0.1) is 0 Å². The van der Waals surface area contributed by atoms with Gasteiger partial charge >= 0.3 is 0 Å². The predicted octanol–water partition coefficient (Wildman–Crippen LogP) is 7.22. The van der Waals surface area contributed by atoms with Crippen LogP contribution in [-0.4, -0.2) is 38.4 Å². The molecule has 0 bridgehead atoms. The second-order valence-corrected chi connectivity index (χ2v) is 10.0. The van der Waals surface area contributed by atoms with E-state index in [2.05, 4.69) is 58.3 Å². The summed E-state index contributed by atoms with van der Waals surface area (Å²) in [4.78, 5) is 24.4. The van der Waals surface area contributed by atoms with E-state index in [1.54, 1.807) is 18.3 Å². The highest BCUT2D eigenvalue weighted by Gasteiger charge is 2.16. The third kappa shape index (κ3) is 8.92. The zero-order chi connectivity index (χ0) is 29.8. The van der Waals surface area contributed by atoms with Crippen molar-refractivity contribution >= 4 is 17.1 Å². The second-order valence-electron chi connectivity index (χ2n) is 10.0. The topological polar surface area (TPSA) is 63.1 Å². The number of halogens is 2. The number of imidazole rings is 1. The lowest BCUT2D eigenvalue weighted by molar-refractivity contribution is -0.121. The van der Waals surface area contributed by atoms with E-state index in [0.717, 1.165) is 44.1 Å². The standard InChI is InChI=1S/C31H37F2N5O.C2H6/c1-4-17-37(18-5-2)20-23-8-11-25(12-9-23)22(3)35-30(39)15-14-29-36-28-7-6-16-34-31(28)38(29)21-24-10-13-26(32)27(33)19-24;1-2/h6-13,16,19,22H,4-5,14-15,17-18,20-21H2,1-3H3,(H,35,39);1-2H3. The molecule has 1 unspecified atom stereocenters. The molecule has 220 valence electrons. The van der Waals surface area contributed by atoms with Crippen LogP contribution in [0.1, 0.15) is 82.4 Å². The summed E-state index contributed by atoms with van der Waals surface area (Å²) in [6, 6.07) is 15.8. The molecule has 2 aromatic carbocycles. The van der Waals surface area contributed by atoms with Crippen LogP contribution in [0.4, 0.5) is 8.78 Å². The minimum Gasteiger partial charge on any atom is -0.350 e. The first kappa shape index (κ1) is 31.9. The number of rotatable bonds is 13. The molecule has 4 aromatic rings. The van der Waals surface area contributed by atoms with Crippen LogP contribution in [0, 0.1) is 11.6 Å². The van der Waals surface area contributed by atoms with Crippen molar-refractivity contribution in [3.05, 3.63) is 94.9 Å². The van der Waals surface area contributed by atoms with E-state index >= 15 is 0 Å². The molecule has 0 aliphatic carbocycles. The maximum absolute atomic E-state index is 13.8. The summed E-state index contributed by atoms with van der Waals surface area (Å²) >= 11 is 0. The second kappa shape index (κ2) is 16.0. The molecule has 1 amide bonds. The van der Waals surface area contributed by atoms with Crippen molar-refractivity contribution in [2.75, 3.05) is 13.1 Å². The molecule has 0 aliphatic rings. The summed E-state index contributed by atoms with van der Waals surface area (Å²) in [5, 5.41) is 3.09. The molecule has 0 spiro atoms. The van der Waals surface area contributed by atoms with Crippen LogP contribution in [-0.2, 0) is 24.3 Å². The number of pyridine rings is 1. The molecule has 0 fully saturated rings. The normalized spacial score (nSPS) is 11.8. The van der Waals surface area contributed by atoms with Gasteiger partial charge < -0.3 is 9.88 Å². The minimum absolute atomic E-state index is 0.0805. The molecular weight excluding hydrogens is 520 g/mol. The van der Waals surface area contributed by atoms with Crippen LogP contribution in [0.2, 0.25) is 0 Å². The Morgan fingerprint density at radius 3 is 2.32 bits per heavy atom. The fourth-order valence-corrected chi connectivity index (χ4v) is 4.88. The quantitative estimate of drug-likeness (QED) is 0.187. The highest BCUT2D eigenvalue weighted by Crippen LogP contribution is 2.19. The molecule has 2 heterocycles. The van der Waals surface area contributed by atoms with Crippen LogP contribution in [0.3, 0.4) is 0 Å². The van der Waals surface area contributed by atoms with Gasteiger partial charge in [0.1, 0.15) is 11.3 Å². The number of carbonyl (C=O) groups excluding carboxylic acids is 1. The van der Waals surface area contributed by atoms with Crippen LogP contribution in [0.25, 0.3) is 11.2 Å². The maximum Gasteiger partial charge on any atom is 0.220 e. The van der Waals surface area contributed by atoms with Gasteiger partial charge in [0.25, 0.3) is 0 Å². The third-order valence-electron chi connectivity index (χ3n) is 6.83. The van der Waals surface area contributed by atoms with Crippen molar-refractivity contribution in [2.45, 2.75) is 79.4 Å². The van der Waals surface area contributed by atoms with Crippen molar-refractivity contribution in [1.29, 1.82) is 0 Å². The Morgan fingerprint density at radius 1 is 0.976 bits per heavy atom. The first-order valence-corrected chi connectivity index (χ1v) is 14.7. The number of nitrogens with zero attached hydrogens (tertiary/aromatic N) is 4. The van der Waals surface area contributed by atoms with E-state index < -0.39 is 11.6 Å². The number of hydrogen-bond donors (Lipinski definition) is 1. The highest BCUT2D eigenvalue weighted by atomic mass is 19.2. The van der Waals surface area contributed by atoms with E-state index in [1.807, 2.05) is 31.4 Å². The Bertz CT molecular complexity index is 1380. The molecule has 2 aromatic heterocycles. The van der Waals surface area contributed by atoms with Gasteiger partial charge in [-0.1, -0.05) is 58.0 Å². The largest absolute Gasteiger partial charge is 0.350 e. The molecule has 0 radical (unpaired) electrons. The van der Waals surface area contributed by atoms with E-state index in [4.69, 9.17) is 0 Å².